The average molecular weight is 790 g/mol. The van der Waals surface area contributed by atoms with E-state index in [9.17, 15) is 9.59 Å². The summed E-state index contributed by atoms with van der Waals surface area (Å²) >= 11 is 3.40. The second-order valence-corrected chi connectivity index (χ2v) is 17.1. The summed E-state index contributed by atoms with van der Waals surface area (Å²) in [5.74, 6) is 1.69. The first-order valence-electron chi connectivity index (χ1n) is 18.7. The van der Waals surface area contributed by atoms with Crippen molar-refractivity contribution < 1.29 is 37.8 Å². The summed E-state index contributed by atoms with van der Waals surface area (Å²) < 4.78 is 36.1. The predicted molar refractivity (Wildman–Crippen MR) is 211 cm³/mol. The van der Waals surface area contributed by atoms with Gasteiger partial charge < -0.3 is 38.1 Å². The molecule has 3 heterocycles. The lowest BCUT2D eigenvalue weighted by Gasteiger charge is -2.33. The van der Waals surface area contributed by atoms with Gasteiger partial charge in [-0.3, -0.25) is 0 Å². The van der Waals surface area contributed by atoms with E-state index in [1.807, 2.05) is 132 Å². The molecule has 290 valence electrons. The number of piperidine rings is 2. The molecule has 0 aromatic heterocycles. The minimum Gasteiger partial charge on any atom is -0.490 e. The van der Waals surface area contributed by atoms with Crippen LogP contribution >= 0.6 is 15.9 Å². The molecule has 3 fully saturated rings. The maximum atomic E-state index is 12.2. The Morgan fingerprint density at radius 2 is 0.981 bits per heavy atom. The van der Waals surface area contributed by atoms with Crippen LogP contribution < -0.4 is 14.9 Å². The van der Waals surface area contributed by atoms with Crippen molar-refractivity contribution in [1.29, 1.82) is 0 Å². The number of rotatable bonds is 5. The van der Waals surface area contributed by atoms with Crippen LogP contribution in [0.1, 0.15) is 109 Å². The maximum Gasteiger partial charge on any atom is 0.494 e. The largest absolute Gasteiger partial charge is 0.494 e. The number of hydrogen-bond acceptors (Lipinski definition) is 8. The van der Waals surface area contributed by atoms with E-state index in [1.54, 1.807) is 9.80 Å². The minimum absolute atomic E-state index is 0.0939. The van der Waals surface area contributed by atoms with Gasteiger partial charge in [0.05, 0.1) is 11.2 Å². The van der Waals surface area contributed by atoms with E-state index in [4.69, 9.17) is 28.3 Å². The Hall–Kier alpha value is -2.96. The molecule has 0 N–H and O–H groups in total. The highest BCUT2D eigenvalue weighted by Crippen LogP contribution is 2.36. The van der Waals surface area contributed by atoms with Crippen LogP contribution in [0.25, 0.3) is 0 Å². The summed E-state index contributed by atoms with van der Waals surface area (Å²) in [5, 5.41) is 0. The Balaban J connectivity index is 0.000000280. The summed E-state index contributed by atoms with van der Waals surface area (Å²) in [6.45, 7) is 26.1. The van der Waals surface area contributed by atoms with Gasteiger partial charge in [0.15, 0.2) is 0 Å². The molecule has 2 aromatic rings. The zero-order valence-electron chi connectivity index (χ0n) is 33.5. The third-order valence-electron chi connectivity index (χ3n) is 9.01. The summed E-state index contributed by atoms with van der Waals surface area (Å²) in [4.78, 5) is 27.7. The third kappa shape index (κ3) is 13.5. The van der Waals surface area contributed by atoms with Crippen molar-refractivity contribution in [2.75, 3.05) is 26.2 Å². The quantitative estimate of drug-likeness (QED) is 0.277. The first-order valence-corrected chi connectivity index (χ1v) is 19.5. The molecule has 12 heteroatoms. The number of nitrogens with zero attached hydrogens (tertiary/aromatic N) is 2. The van der Waals surface area contributed by atoms with E-state index in [0.717, 1.165) is 47.1 Å². The van der Waals surface area contributed by atoms with E-state index in [0.29, 0.717) is 26.2 Å². The van der Waals surface area contributed by atoms with Gasteiger partial charge in [-0.05, 0) is 111 Å². The maximum absolute atomic E-state index is 12.2. The molecule has 0 bridgehead atoms. The number of halogens is 1. The molecular weight excluding hydrogens is 727 g/mol. The topological polar surface area (TPSA) is 96.0 Å². The minimum atomic E-state index is -0.469. The fourth-order valence-corrected chi connectivity index (χ4v) is 5.81. The normalized spacial score (nSPS) is 19.1. The zero-order chi connectivity index (χ0) is 38.9. The first kappa shape index (κ1) is 43.4. The Labute approximate surface area is 321 Å². The third-order valence-corrected chi connectivity index (χ3v) is 9.54. The number of ether oxygens (including phenoxy) is 4. The summed E-state index contributed by atoms with van der Waals surface area (Å²) in [6, 6.07) is 15.7. The Morgan fingerprint density at radius 3 is 1.31 bits per heavy atom. The Bertz CT molecular complexity index is 1390. The molecule has 2 aromatic carbocycles. The summed E-state index contributed by atoms with van der Waals surface area (Å²) in [5.41, 5.74) is -0.634. The monoisotopic (exact) mass is 788 g/mol. The van der Waals surface area contributed by atoms with Crippen molar-refractivity contribution in [2.24, 2.45) is 0 Å². The van der Waals surface area contributed by atoms with Gasteiger partial charge in [-0.15, -0.1) is 0 Å². The molecule has 52 heavy (non-hydrogen) atoms. The molecule has 5 rings (SSSR count). The zero-order valence-corrected chi connectivity index (χ0v) is 35.1. The van der Waals surface area contributed by atoms with Crippen molar-refractivity contribution in [3.05, 3.63) is 53.0 Å². The van der Waals surface area contributed by atoms with Crippen molar-refractivity contribution in [3.8, 4) is 11.5 Å². The van der Waals surface area contributed by atoms with Crippen LogP contribution in [0.3, 0.4) is 0 Å². The van der Waals surface area contributed by atoms with Crippen molar-refractivity contribution >= 4 is 40.7 Å². The second-order valence-electron chi connectivity index (χ2n) is 16.2. The second kappa shape index (κ2) is 18.4. The van der Waals surface area contributed by atoms with Crippen LogP contribution in [0, 0.1) is 0 Å². The molecule has 0 atom stereocenters. The molecule has 10 nitrogen and oxygen atoms in total. The van der Waals surface area contributed by atoms with Gasteiger partial charge in [0.1, 0.15) is 34.9 Å². The molecular formula is C40H62BBrN2O8. The summed E-state index contributed by atoms with van der Waals surface area (Å²) in [6.07, 6.45) is 3.01. The first-order chi connectivity index (χ1) is 24.2. The highest BCUT2D eigenvalue weighted by Gasteiger charge is 2.51. The van der Waals surface area contributed by atoms with Crippen LogP contribution in [-0.2, 0) is 18.8 Å². The highest BCUT2D eigenvalue weighted by atomic mass is 79.9. The van der Waals surface area contributed by atoms with Gasteiger partial charge in [0.2, 0.25) is 0 Å². The SMILES string of the molecule is CC.CC(C)(C)OC(=O)N1CCC(Oc2ccc(B3OC(C)(C)C(C)(C)O3)cc2)CC1.CC(C)(C)OC(=O)N1CCC(Oc2ccc(Br)cc2)CC1. The Kier molecular flexibility index (Phi) is 15.4. The van der Waals surface area contributed by atoms with Crippen LogP contribution in [0.2, 0.25) is 0 Å². The number of likely N-dealkylation sites (tertiary alicyclic amines) is 2. The van der Waals surface area contributed by atoms with E-state index in [1.165, 1.54) is 0 Å². The fraction of sp³-hybridized carbons (Fsp3) is 0.650. The number of carbonyl (C=O) groups is 2. The lowest BCUT2D eigenvalue weighted by atomic mass is 9.79. The van der Waals surface area contributed by atoms with Crippen molar-refractivity contribution in [1.82, 2.24) is 9.80 Å². The number of benzene rings is 2. The average Bonchev–Trinajstić information content (AvgIpc) is 3.29. The number of carbonyl (C=O) groups excluding carboxylic acids is 2. The van der Waals surface area contributed by atoms with Crippen LogP contribution in [0.5, 0.6) is 11.5 Å². The van der Waals surface area contributed by atoms with Gasteiger partial charge in [0, 0.05) is 56.3 Å². The Morgan fingerprint density at radius 1 is 0.654 bits per heavy atom. The molecule has 2 amide bonds. The van der Waals surface area contributed by atoms with Gasteiger partial charge in [0.25, 0.3) is 0 Å². The van der Waals surface area contributed by atoms with Gasteiger partial charge in [-0.2, -0.15) is 0 Å². The lowest BCUT2D eigenvalue weighted by Crippen LogP contribution is -2.44. The molecule has 0 spiro atoms. The standard InChI is InChI=1S/C22H34BNO5.C16H22BrNO3.C2H6/c1-20(2,3)27-19(25)24-14-12-18(13-15-24)26-17-10-8-16(9-11-17)23-28-21(4,5)22(6,7)29-23;1-16(2,3)21-15(19)18-10-8-14(9-11-18)20-13-6-4-12(17)5-7-13;1-2/h8-11,18H,12-15H2,1-7H3;4-7,14H,8-11H2,1-3H3;1-2H3. The molecule has 0 aliphatic carbocycles. The van der Waals surface area contributed by atoms with Crippen LogP contribution in [0.4, 0.5) is 9.59 Å². The van der Waals surface area contributed by atoms with Gasteiger partial charge in [-0.25, -0.2) is 9.59 Å². The van der Waals surface area contributed by atoms with Gasteiger partial charge in [-0.1, -0.05) is 41.9 Å². The molecule has 3 aliphatic rings. The van der Waals surface area contributed by atoms with Crippen molar-refractivity contribution in [3.63, 3.8) is 0 Å². The predicted octanol–water partition coefficient (Wildman–Crippen LogP) is 9.02. The molecule has 0 saturated carbocycles. The highest BCUT2D eigenvalue weighted by molar-refractivity contribution is 9.10. The molecule has 0 unspecified atom stereocenters. The lowest BCUT2D eigenvalue weighted by molar-refractivity contribution is 0.00578. The number of amides is 2. The fourth-order valence-electron chi connectivity index (χ4n) is 5.55. The van der Waals surface area contributed by atoms with E-state index in [-0.39, 0.29) is 42.7 Å². The summed E-state index contributed by atoms with van der Waals surface area (Å²) in [7, 11) is -0.369. The van der Waals surface area contributed by atoms with E-state index in [2.05, 4.69) is 15.9 Å². The van der Waals surface area contributed by atoms with Crippen LogP contribution in [-0.4, -0.2) is 89.9 Å². The van der Waals surface area contributed by atoms with E-state index < -0.39 is 11.2 Å². The molecule has 0 radical (unpaired) electrons. The van der Waals surface area contributed by atoms with Crippen molar-refractivity contribution in [2.45, 2.75) is 143 Å². The number of hydrogen-bond donors (Lipinski definition) is 0. The van der Waals surface area contributed by atoms with Crippen LogP contribution in [0.15, 0.2) is 53.0 Å². The smallest absolute Gasteiger partial charge is 0.490 e. The molecule has 3 aliphatic heterocycles. The van der Waals surface area contributed by atoms with E-state index >= 15 is 0 Å². The molecule has 3 saturated heterocycles. The van der Waals surface area contributed by atoms with Gasteiger partial charge >= 0.3 is 19.3 Å².